The van der Waals surface area contributed by atoms with E-state index in [4.69, 9.17) is 4.74 Å². The first kappa shape index (κ1) is 20.6. The van der Waals surface area contributed by atoms with E-state index in [1.807, 2.05) is 0 Å². The van der Waals surface area contributed by atoms with Crippen molar-refractivity contribution in [1.82, 2.24) is 9.55 Å². The molecule has 1 aromatic carbocycles. The van der Waals surface area contributed by atoms with Crippen molar-refractivity contribution in [3.8, 4) is 5.69 Å². The summed E-state index contributed by atoms with van der Waals surface area (Å²) in [5, 5.41) is 0.144. The van der Waals surface area contributed by atoms with Crippen LogP contribution in [0.25, 0.3) is 15.9 Å². The molecular formula is C21H17F3N2O3S2. The number of fused-ring (bicyclic) bond motifs is 3. The highest BCUT2D eigenvalue weighted by atomic mass is 32.2. The van der Waals surface area contributed by atoms with E-state index in [9.17, 15) is 22.8 Å². The maximum absolute atomic E-state index is 13.6. The van der Waals surface area contributed by atoms with E-state index in [0.29, 0.717) is 16.6 Å². The third-order valence-corrected chi connectivity index (χ3v) is 7.91. The highest BCUT2D eigenvalue weighted by molar-refractivity contribution is 8.00. The average Bonchev–Trinajstić information content (AvgIpc) is 3.30. The van der Waals surface area contributed by atoms with E-state index in [0.717, 1.165) is 60.0 Å². The number of aromatic nitrogens is 2. The zero-order valence-electron chi connectivity index (χ0n) is 16.2. The zero-order chi connectivity index (χ0) is 21.8. The van der Waals surface area contributed by atoms with Gasteiger partial charge in [-0.15, -0.1) is 11.3 Å². The van der Waals surface area contributed by atoms with Crippen molar-refractivity contribution in [1.29, 1.82) is 0 Å². The Morgan fingerprint density at radius 1 is 1.19 bits per heavy atom. The molecule has 162 valence electrons. The Balaban J connectivity index is 1.74. The number of aryl methyl sites for hydroxylation is 2. The van der Waals surface area contributed by atoms with Crippen LogP contribution in [0, 0.1) is 0 Å². The third kappa shape index (κ3) is 3.65. The van der Waals surface area contributed by atoms with Crippen molar-refractivity contribution < 1.29 is 22.7 Å². The lowest BCUT2D eigenvalue weighted by Gasteiger charge is -2.16. The average molecular weight is 467 g/mol. The first-order chi connectivity index (χ1) is 14.8. The molecule has 1 aliphatic heterocycles. The predicted molar refractivity (Wildman–Crippen MR) is 112 cm³/mol. The molecule has 2 aromatic heterocycles. The highest BCUT2D eigenvalue weighted by Crippen LogP contribution is 2.37. The minimum atomic E-state index is -4.54. The van der Waals surface area contributed by atoms with Gasteiger partial charge in [-0.1, -0.05) is 17.8 Å². The summed E-state index contributed by atoms with van der Waals surface area (Å²) in [7, 11) is 0. The molecule has 1 saturated heterocycles. The van der Waals surface area contributed by atoms with Crippen molar-refractivity contribution in [2.75, 3.05) is 6.61 Å². The summed E-state index contributed by atoms with van der Waals surface area (Å²) in [6, 6.07) is 4.65. The summed E-state index contributed by atoms with van der Waals surface area (Å²) in [5.74, 6) is -0.402. The molecule has 1 atom stereocenters. The Labute approximate surface area is 183 Å². The molecule has 31 heavy (non-hydrogen) atoms. The summed E-state index contributed by atoms with van der Waals surface area (Å²) < 4.78 is 46.2. The molecule has 0 radical (unpaired) electrons. The topological polar surface area (TPSA) is 61.2 Å². The Kier molecular flexibility index (Phi) is 5.09. The lowest BCUT2D eigenvalue weighted by Crippen LogP contribution is -2.24. The molecule has 2 aliphatic rings. The molecule has 5 rings (SSSR count). The number of rotatable bonds is 3. The molecule has 0 amide bonds. The molecular weight excluding hydrogens is 449 g/mol. The normalized spacial score (nSPS) is 18.9. The van der Waals surface area contributed by atoms with Gasteiger partial charge >= 0.3 is 12.1 Å². The van der Waals surface area contributed by atoms with Crippen LogP contribution in [0.5, 0.6) is 0 Å². The molecule has 1 aliphatic carbocycles. The SMILES string of the molecule is O=C1OCC[C@@H]1Sc1nc2sc3c(c2c(=O)n1-c1cccc(C(F)(F)F)c1)CCCC3. The summed E-state index contributed by atoms with van der Waals surface area (Å²) in [6.45, 7) is 0.278. The third-order valence-electron chi connectivity index (χ3n) is 5.52. The molecule has 0 saturated carbocycles. The van der Waals surface area contributed by atoms with Gasteiger partial charge in [-0.2, -0.15) is 13.2 Å². The van der Waals surface area contributed by atoms with Gasteiger partial charge in [0.1, 0.15) is 10.1 Å². The lowest BCUT2D eigenvalue weighted by molar-refractivity contribution is -0.138. The number of halogens is 3. The van der Waals surface area contributed by atoms with Crippen LogP contribution in [0.15, 0.2) is 34.2 Å². The van der Waals surface area contributed by atoms with Crippen LogP contribution in [0.2, 0.25) is 0 Å². The minimum absolute atomic E-state index is 0.0823. The van der Waals surface area contributed by atoms with Crippen molar-refractivity contribution >= 4 is 39.3 Å². The highest BCUT2D eigenvalue weighted by Gasteiger charge is 2.33. The number of thioether (sulfide) groups is 1. The molecule has 3 heterocycles. The van der Waals surface area contributed by atoms with Crippen LogP contribution in [-0.2, 0) is 28.5 Å². The van der Waals surface area contributed by atoms with Crippen molar-refractivity contribution in [2.45, 2.75) is 48.7 Å². The number of ether oxygens (including phenoxy) is 1. The second-order valence-corrected chi connectivity index (χ2v) is 9.79. The standard InChI is InChI=1S/C21H17F3N2O3S2/c22-21(23,24)11-4-3-5-12(10-11)26-18(27)16-13-6-1-2-7-14(13)30-17(16)25-20(26)31-15-8-9-29-19(15)28/h3-5,10,15H,1-2,6-9H2/t15-/m0/s1. The van der Waals surface area contributed by atoms with E-state index >= 15 is 0 Å². The monoisotopic (exact) mass is 466 g/mol. The summed E-state index contributed by atoms with van der Waals surface area (Å²) in [4.78, 5) is 32.0. The van der Waals surface area contributed by atoms with E-state index in [-0.39, 0.29) is 17.5 Å². The number of nitrogens with zero attached hydrogens (tertiary/aromatic N) is 2. The predicted octanol–water partition coefficient (Wildman–Crippen LogP) is 4.75. The Bertz CT molecular complexity index is 1250. The van der Waals surface area contributed by atoms with Crippen LogP contribution >= 0.6 is 23.1 Å². The van der Waals surface area contributed by atoms with Gasteiger partial charge in [-0.3, -0.25) is 14.2 Å². The largest absolute Gasteiger partial charge is 0.465 e. The van der Waals surface area contributed by atoms with Crippen molar-refractivity contribution in [3.05, 3.63) is 50.6 Å². The second-order valence-electron chi connectivity index (χ2n) is 7.54. The van der Waals surface area contributed by atoms with E-state index in [1.165, 1.54) is 28.0 Å². The molecule has 5 nitrogen and oxygen atoms in total. The fraction of sp³-hybridized carbons (Fsp3) is 0.381. The van der Waals surface area contributed by atoms with Crippen LogP contribution in [0.3, 0.4) is 0 Å². The summed E-state index contributed by atoms with van der Waals surface area (Å²) in [6.07, 6.45) is -0.446. The van der Waals surface area contributed by atoms with E-state index in [2.05, 4.69) is 4.98 Å². The maximum Gasteiger partial charge on any atom is 0.416 e. The number of thiophene rings is 1. The first-order valence-electron chi connectivity index (χ1n) is 9.91. The van der Waals surface area contributed by atoms with Gasteiger partial charge in [0.15, 0.2) is 5.16 Å². The fourth-order valence-electron chi connectivity index (χ4n) is 4.03. The van der Waals surface area contributed by atoms with Gasteiger partial charge in [-0.25, -0.2) is 4.98 Å². The summed E-state index contributed by atoms with van der Waals surface area (Å²) in [5.41, 5.74) is -0.196. The van der Waals surface area contributed by atoms with Gasteiger partial charge in [0.25, 0.3) is 5.56 Å². The number of hydrogen-bond acceptors (Lipinski definition) is 6. The fourth-order valence-corrected chi connectivity index (χ4v) is 6.41. The number of hydrogen-bond donors (Lipinski definition) is 0. The number of cyclic esters (lactones) is 1. The van der Waals surface area contributed by atoms with Crippen LogP contribution in [0.4, 0.5) is 13.2 Å². The van der Waals surface area contributed by atoms with E-state index in [1.54, 1.807) is 0 Å². The smallest absolute Gasteiger partial charge is 0.416 e. The van der Waals surface area contributed by atoms with E-state index < -0.39 is 28.5 Å². The molecule has 1 fully saturated rings. The first-order valence-corrected chi connectivity index (χ1v) is 11.6. The number of esters is 1. The number of benzene rings is 1. The number of carbonyl (C=O) groups is 1. The Morgan fingerprint density at radius 2 is 2.00 bits per heavy atom. The van der Waals surface area contributed by atoms with Crippen molar-refractivity contribution in [2.24, 2.45) is 0 Å². The molecule has 3 aromatic rings. The van der Waals surface area contributed by atoms with Gasteiger partial charge < -0.3 is 4.74 Å². The Morgan fingerprint density at radius 3 is 2.74 bits per heavy atom. The van der Waals surface area contributed by atoms with Crippen LogP contribution < -0.4 is 5.56 Å². The summed E-state index contributed by atoms with van der Waals surface area (Å²) >= 11 is 2.54. The van der Waals surface area contributed by atoms with Gasteiger partial charge in [0.2, 0.25) is 0 Å². The van der Waals surface area contributed by atoms with Crippen LogP contribution in [0.1, 0.15) is 35.3 Å². The minimum Gasteiger partial charge on any atom is -0.465 e. The van der Waals surface area contributed by atoms with Crippen molar-refractivity contribution in [3.63, 3.8) is 0 Å². The maximum atomic E-state index is 13.6. The second kappa shape index (κ2) is 7.67. The van der Waals surface area contributed by atoms with Gasteiger partial charge in [0.05, 0.1) is 23.2 Å². The van der Waals surface area contributed by atoms with Crippen LogP contribution in [-0.4, -0.2) is 27.4 Å². The molecule has 0 spiro atoms. The lowest BCUT2D eigenvalue weighted by atomic mass is 9.97. The zero-order valence-corrected chi connectivity index (χ0v) is 17.8. The quantitative estimate of drug-likeness (QED) is 0.412. The Hall–Kier alpha value is -2.33. The molecule has 0 N–H and O–H groups in total. The van der Waals surface area contributed by atoms with Gasteiger partial charge in [-0.05, 0) is 49.4 Å². The molecule has 10 heteroatoms. The number of carbonyl (C=O) groups excluding carboxylic acids is 1. The number of alkyl halides is 3. The molecule has 0 unspecified atom stereocenters. The molecule has 0 bridgehead atoms. The van der Waals surface area contributed by atoms with Gasteiger partial charge in [0, 0.05) is 11.3 Å².